The van der Waals surface area contributed by atoms with Crippen molar-refractivity contribution in [1.29, 1.82) is 0 Å². The van der Waals surface area contributed by atoms with Crippen molar-refractivity contribution in [3.8, 4) is 0 Å². The van der Waals surface area contributed by atoms with Gasteiger partial charge in [0, 0.05) is 31.1 Å². The zero-order valence-electron chi connectivity index (χ0n) is 18.0. The predicted octanol–water partition coefficient (Wildman–Crippen LogP) is 1.80. The number of carbonyl (C=O) groups excluding carboxylic acids is 2. The van der Waals surface area contributed by atoms with Crippen LogP contribution < -0.4 is 0 Å². The van der Waals surface area contributed by atoms with E-state index >= 15 is 0 Å². The monoisotopic (exact) mass is 500 g/mol. The number of carboxylic acid groups (broad SMARTS) is 1. The molecule has 3 saturated heterocycles. The number of alkyl halides is 1. The highest BCUT2D eigenvalue weighted by atomic mass is 79.9. The van der Waals surface area contributed by atoms with Crippen LogP contribution >= 0.6 is 15.9 Å². The van der Waals surface area contributed by atoms with E-state index in [0.29, 0.717) is 32.4 Å². The summed E-state index contributed by atoms with van der Waals surface area (Å²) in [6, 6.07) is -0.861. The molecule has 3 fully saturated rings. The second kappa shape index (κ2) is 10.0. The summed E-state index contributed by atoms with van der Waals surface area (Å²) in [5.41, 5.74) is -1.14. The van der Waals surface area contributed by atoms with Gasteiger partial charge >= 0.3 is 5.97 Å². The van der Waals surface area contributed by atoms with Crippen molar-refractivity contribution in [2.75, 3.05) is 26.2 Å². The summed E-state index contributed by atoms with van der Waals surface area (Å²) < 4.78 is 6.25. The molecule has 3 aliphatic heterocycles. The smallest absolute Gasteiger partial charge is 0.310 e. The summed E-state index contributed by atoms with van der Waals surface area (Å²) in [5, 5.41) is 19.0. The van der Waals surface area contributed by atoms with Crippen LogP contribution in [0.2, 0.25) is 0 Å². The SMILES string of the molecule is C=CCN(CCCCC)C(=O)[C@H]1N(CCCCO)C(=O)[C@@H]2[C@@H](C(=O)O)[C@@H]3O[C@@]21CC3Br. The Morgan fingerprint density at radius 3 is 2.71 bits per heavy atom. The van der Waals surface area contributed by atoms with Gasteiger partial charge in [-0.25, -0.2) is 0 Å². The fourth-order valence-electron chi connectivity index (χ4n) is 5.50. The number of hydrogen-bond acceptors (Lipinski definition) is 5. The fraction of sp³-hybridized carbons (Fsp3) is 0.773. The van der Waals surface area contributed by atoms with E-state index in [4.69, 9.17) is 4.74 Å². The molecule has 1 unspecified atom stereocenters. The number of aliphatic carboxylic acids is 1. The maximum atomic E-state index is 13.8. The Morgan fingerprint density at radius 1 is 1.35 bits per heavy atom. The summed E-state index contributed by atoms with van der Waals surface area (Å²) in [5.74, 6) is -3.44. The van der Waals surface area contributed by atoms with Gasteiger partial charge in [0.25, 0.3) is 0 Å². The van der Waals surface area contributed by atoms with Gasteiger partial charge in [0.15, 0.2) is 0 Å². The van der Waals surface area contributed by atoms with Crippen LogP contribution in [-0.4, -0.2) is 86.6 Å². The molecule has 31 heavy (non-hydrogen) atoms. The van der Waals surface area contributed by atoms with Gasteiger partial charge in [-0.3, -0.25) is 14.4 Å². The van der Waals surface area contributed by atoms with E-state index in [2.05, 4.69) is 29.4 Å². The highest BCUT2D eigenvalue weighted by molar-refractivity contribution is 9.09. The largest absolute Gasteiger partial charge is 0.481 e. The second-order valence-corrected chi connectivity index (χ2v) is 9.92. The minimum absolute atomic E-state index is 0.00534. The molecule has 3 rings (SSSR count). The first kappa shape index (κ1) is 24.2. The van der Waals surface area contributed by atoms with Gasteiger partial charge in [-0.15, -0.1) is 6.58 Å². The van der Waals surface area contributed by atoms with Crippen molar-refractivity contribution in [3.05, 3.63) is 12.7 Å². The van der Waals surface area contributed by atoms with Crippen LogP contribution in [0.3, 0.4) is 0 Å². The quantitative estimate of drug-likeness (QED) is 0.240. The summed E-state index contributed by atoms with van der Waals surface area (Å²) in [6.07, 6.45) is 5.35. The lowest BCUT2D eigenvalue weighted by Gasteiger charge is -2.37. The molecule has 0 aromatic rings. The average molecular weight is 501 g/mol. The first-order valence-corrected chi connectivity index (χ1v) is 12.1. The molecule has 2 amide bonds. The molecule has 8 nitrogen and oxygen atoms in total. The van der Waals surface area contributed by atoms with Gasteiger partial charge in [-0.2, -0.15) is 0 Å². The van der Waals surface area contributed by atoms with Gasteiger partial charge in [-0.1, -0.05) is 41.8 Å². The van der Waals surface area contributed by atoms with E-state index in [0.717, 1.165) is 19.3 Å². The van der Waals surface area contributed by atoms with Crippen molar-refractivity contribution in [2.45, 2.75) is 68.0 Å². The van der Waals surface area contributed by atoms with Gasteiger partial charge in [-0.05, 0) is 25.7 Å². The molecule has 2 bridgehead atoms. The van der Waals surface area contributed by atoms with Crippen molar-refractivity contribution < 1.29 is 29.3 Å². The molecular formula is C22H33BrN2O6. The number of fused-ring (bicyclic) bond motifs is 1. The van der Waals surface area contributed by atoms with E-state index in [1.54, 1.807) is 11.0 Å². The zero-order valence-corrected chi connectivity index (χ0v) is 19.6. The van der Waals surface area contributed by atoms with E-state index in [-0.39, 0.29) is 29.8 Å². The molecule has 1 spiro atoms. The second-order valence-electron chi connectivity index (χ2n) is 8.74. The molecule has 2 N–H and O–H groups in total. The normalized spacial score (nSPS) is 33.6. The molecule has 0 aromatic carbocycles. The molecule has 0 aromatic heterocycles. The van der Waals surface area contributed by atoms with Crippen molar-refractivity contribution in [2.24, 2.45) is 11.8 Å². The van der Waals surface area contributed by atoms with Crippen LogP contribution in [-0.2, 0) is 19.1 Å². The van der Waals surface area contributed by atoms with Gasteiger partial charge in [0.05, 0.1) is 17.9 Å². The van der Waals surface area contributed by atoms with Gasteiger partial charge < -0.3 is 24.7 Å². The number of aliphatic hydroxyl groups is 1. The number of amides is 2. The standard InChI is InChI=1S/C22H33BrN2O6/c1-3-5-6-10-24(9-4-2)20(28)18-22-13-14(23)17(31-22)15(21(29)30)16(22)19(27)25(18)11-7-8-12-26/h4,14-18,26H,2-3,5-13H2,1H3,(H,29,30)/t14?,15-,16+,17-,18-,22+/m1/s1. The number of unbranched alkanes of at least 4 members (excludes halogenated alkanes) is 3. The van der Waals surface area contributed by atoms with Crippen LogP contribution in [0.25, 0.3) is 0 Å². The Bertz CT molecular complexity index is 718. The number of halogens is 1. The van der Waals surface area contributed by atoms with Crippen LogP contribution in [0.1, 0.15) is 45.4 Å². The van der Waals surface area contributed by atoms with Crippen LogP contribution in [0, 0.1) is 11.8 Å². The predicted molar refractivity (Wildman–Crippen MR) is 118 cm³/mol. The summed E-state index contributed by atoms with van der Waals surface area (Å²) >= 11 is 3.54. The number of carbonyl (C=O) groups is 3. The molecule has 3 heterocycles. The number of rotatable bonds is 12. The van der Waals surface area contributed by atoms with Gasteiger partial charge in [0.2, 0.25) is 11.8 Å². The van der Waals surface area contributed by atoms with Crippen molar-refractivity contribution in [1.82, 2.24) is 9.80 Å². The van der Waals surface area contributed by atoms with Gasteiger partial charge in [0.1, 0.15) is 11.6 Å². The van der Waals surface area contributed by atoms with Crippen LogP contribution in [0.4, 0.5) is 0 Å². The lowest BCUT2D eigenvalue weighted by Crippen LogP contribution is -2.57. The van der Waals surface area contributed by atoms with E-state index in [1.165, 1.54) is 4.90 Å². The number of likely N-dealkylation sites (tertiary alicyclic amines) is 1. The molecule has 174 valence electrons. The zero-order chi connectivity index (χ0) is 22.8. The Balaban J connectivity index is 1.97. The van der Waals surface area contributed by atoms with E-state index in [1.807, 2.05) is 0 Å². The third-order valence-corrected chi connectivity index (χ3v) is 7.65. The number of ether oxygens (including phenoxy) is 1. The fourth-order valence-corrected chi connectivity index (χ4v) is 6.44. The lowest BCUT2D eigenvalue weighted by atomic mass is 9.70. The Hall–Kier alpha value is -1.45. The first-order chi connectivity index (χ1) is 14.8. The molecule has 0 aliphatic carbocycles. The summed E-state index contributed by atoms with van der Waals surface area (Å²) in [4.78, 5) is 42.4. The van der Waals surface area contributed by atoms with Crippen LogP contribution in [0.15, 0.2) is 12.7 Å². The molecule has 0 radical (unpaired) electrons. The van der Waals surface area contributed by atoms with Crippen LogP contribution in [0.5, 0.6) is 0 Å². The first-order valence-electron chi connectivity index (χ1n) is 11.2. The lowest BCUT2D eigenvalue weighted by molar-refractivity contribution is -0.150. The topological polar surface area (TPSA) is 107 Å². The molecule has 9 heteroatoms. The Kier molecular flexibility index (Phi) is 7.81. The number of nitrogens with zero attached hydrogens (tertiary/aromatic N) is 2. The van der Waals surface area contributed by atoms with Crippen molar-refractivity contribution >= 4 is 33.7 Å². The number of hydrogen-bond donors (Lipinski definition) is 2. The number of carboxylic acids is 1. The molecule has 3 aliphatic rings. The third-order valence-electron chi connectivity index (χ3n) is 6.81. The highest BCUT2D eigenvalue weighted by Gasteiger charge is 2.76. The summed E-state index contributed by atoms with van der Waals surface area (Å²) in [7, 11) is 0. The maximum Gasteiger partial charge on any atom is 0.310 e. The minimum Gasteiger partial charge on any atom is -0.481 e. The maximum absolute atomic E-state index is 13.8. The van der Waals surface area contributed by atoms with E-state index < -0.39 is 35.6 Å². The van der Waals surface area contributed by atoms with Crippen molar-refractivity contribution in [3.63, 3.8) is 0 Å². The average Bonchev–Trinajstić information content (AvgIpc) is 3.31. The number of aliphatic hydroxyl groups excluding tert-OH is 1. The third kappa shape index (κ3) is 4.16. The molecule has 0 saturated carbocycles. The summed E-state index contributed by atoms with van der Waals surface area (Å²) in [6.45, 7) is 7.07. The molecular weight excluding hydrogens is 468 g/mol. The molecule has 6 atom stereocenters. The Morgan fingerprint density at radius 2 is 2.10 bits per heavy atom. The van der Waals surface area contributed by atoms with E-state index in [9.17, 15) is 24.6 Å². The Labute approximate surface area is 191 Å². The minimum atomic E-state index is -1.14. The highest BCUT2D eigenvalue weighted by Crippen LogP contribution is 2.60.